The molecule has 4 aliphatic rings. The standard InChI is InChI=1S/C35H52N4O8/c1-34(2,3)47-33(44)37-20-22(30(41)36-26-10-7-8-11-28(26)40)18-23(21-37)31(42)39(24-12-13-24)25-14-15-29-27(19-25)38(16-9-17-45-6)32(43)35(4,5)46-29/h14-15,19,22-24,26,28,40H,7-13,16-18,20-21H2,1-6H3,(H,36,41)/t22-,23+,26+,28+/m0/s1. The van der Waals surface area contributed by atoms with Crippen molar-refractivity contribution in [2.75, 3.05) is 43.2 Å². The molecule has 0 spiro atoms. The topological polar surface area (TPSA) is 138 Å². The van der Waals surface area contributed by atoms with Crippen LogP contribution in [0.5, 0.6) is 5.75 Å². The number of likely N-dealkylation sites (tertiary alicyclic amines) is 1. The minimum Gasteiger partial charge on any atom is -0.476 e. The van der Waals surface area contributed by atoms with Crippen LogP contribution in [0.15, 0.2) is 18.2 Å². The van der Waals surface area contributed by atoms with Crippen molar-refractivity contribution < 1.29 is 38.5 Å². The minimum absolute atomic E-state index is 0.0271. The number of aliphatic hydroxyl groups excluding tert-OH is 1. The smallest absolute Gasteiger partial charge is 0.410 e. The zero-order valence-corrected chi connectivity index (χ0v) is 28.8. The Kier molecular flexibility index (Phi) is 10.4. The number of hydrogen-bond donors (Lipinski definition) is 2. The molecule has 2 heterocycles. The van der Waals surface area contributed by atoms with Crippen LogP contribution < -0.4 is 19.9 Å². The van der Waals surface area contributed by atoms with Crippen LogP contribution in [0.1, 0.15) is 86.0 Å². The molecule has 47 heavy (non-hydrogen) atoms. The van der Waals surface area contributed by atoms with Gasteiger partial charge in [0.2, 0.25) is 11.8 Å². The van der Waals surface area contributed by atoms with Gasteiger partial charge in [0.25, 0.3) is 5.91 Å². The Labute approximate surface area is 278 Å². The summed E-state index contributed by atoms with van der Waals surface area (Å²) in [6.07, 6.45) is 4.55. The number of anilines is 2. The molecule has 0 unspecified atom stereocenters. The maximum atomic E-state index is 14.5. The Morgan fingerprint density at radius 1 is 1.09 bits per heavy atom. The minimum atomic E-state index is -1.04. The van der Waals surface area contributed by atoms with Crippen molar-refractivity contribution in [2.45, 2.75) is 115 Å². The number of benzene rings is 1. The molecule has 4 atom stereocenters. The van der Waals surface area contributed by atoms with Gasteiger partial charge >= 0.3 is 6.09 Å². The van der Waals surface area contributed by atoms with E-state index in [-0.39, 0.29) is 49.3 Å². The van der Waals surface area contributed by atoms with E-state index in [1.807, 2.05) is 18.2 Å². The van der Waals surface area contributed by atoms with Crippen LogP contribution in [-0.4, -0.2) is 96.6 Å². The maximum Gasteiger partial charge on any atom is 0.410 e. The number of hydrogen-bond acceptors (Lipinski definition) is 8. The predicted molar refractivity (Wildman–Crippen MR) is 176 cm³/mol. The Morgan fingerprint density at radius 3 is 2.45 bits per heavy atom. The highest BCUT2D eigenvalue weighted by Gasteiger charge is 2.45. The van der Waals surface area contributed by atoms with Crippen molar-refractivity contribution in [3.8, 4) is 5.75 Å². The monoisotopic (exact) mass is 656 g/mol. The molecule has 1 aromatic rings. The molecule has 2 aliphatic carbocycles. The number of carbonyl (C=O) groups is 4. The van der Waals surface area contributed by atoms with Gasteiger partial charge in [0.15, 0.2) is 5.60 Å². The first kappa shape index (κ1) is 34.9. The van der Waals surface area contributed by atoms with E-state index in [1.54, 1.807) is 51.5 Å². The highest BCUT2D eigenvalue weighted by atomic mass is 16.6. The van der Waals surface area contributed by atoms with E-state index in [0.29, 0.717) is 49.5 Å². The van der Waals surface area contributed by atoms with E-state index >= 15 is 0 Å². The molecule has 0 radical (unpaired) electrons. The zero-order chi connectivity index (χ0) is 34.1. The number of rotatable bonds is 9. The lowest BCUT2D eigenvalue weighted by Crippen LogP contribution is -2.55. The van der Waals surface area contributed by atoms with E-state index in [0.717, 1.165) is 25.7 Å². The fraction of sp³-hybridized carbons (Fsp3) is 0.714. The third-order valence-corrected chi connectivity index (χ3v) is 9.40. The molecule has 1 aromatic carbocycles. The van der Waals surface area contributed by atoms with Crippen molar-refractivity contribution in [1.29, 1.82) is 0 Å². The second kappa shape index (κ2) is 14.0. The van der Waals surface area contributed by atoms with Gasteiger partial charge < -0.3 is 39.3 Å². The largest absolute Gasteiger partial charge is 0.476 e. The predicted octanol–water partition coefficient (Wildman–Crippen LogP) is 4.02. The Bertz CT molecular complexity index is 1340. The molecule has 260 valence electrons. The molecule has 0 aromatic heterocycles. The number of piperidine rings is 1. The van der Waals surface area contributed by atoms with E-state index in [9.17, 15) is 24.3 Å². The SMILES string of the molecule is COCCCN1C(=O)C(C)(C)Oc2ccc(N(C(=O)[C@@H]3C[C@H](C(=O)N[C@@H]4CCCC[C@H]4O)CN(C(=O)OC(C)(C)C)C3)C3CC3)cc21. The molecule has 12 heteroatoms. The van der Waals surface area contributed by atoms with Gasteiger partial charge in [-0.3, -0.25) is 14.4 Å². The van der Waals surface area contributed by atoms with Crippen molar-refractivity contribution in [3.63, 3.8) is 0 Å². The second-order valence-electron chi connectivity index (χ2n) is 15.0. The quantitative estimate of drug-likeness (QED) is 0.381. The molecular formula is C35H52N4O8. The van der Waals surface area contributed by atoms with Gasteiger partial charge in [0.05, 0.1) is 29.7 Å². The summed E-state index contributed by atoms with van der Waals surface area (Å²) in [6, 6.07) is 5.12. The highest BCUT2D eigenvalue weighted by molar-refractivity contribution is 6.04. The molecule has 1 saturated heterocycles. The van der Waals surface area contributed by atoms with Gasteiger partial charge in [-0.05, 0) is 91.3 Å². The maximum absolute atomic E-state index is 14.5. The number of fused-ring (bicyclic) bond motifs is 1. The zero-order valence-electron chi connectivity index (χ0n) is 28.8. The third-order valence-electron chi connectivity index (χ3n) is 9.40. The number of carbonyl (C=O) groups excluding carboxylic acids is 4. The van der Waals surface area contributed by atoms with Crippen molar-refractivity contribution in [1.82, 2.24) is 10.2 Å². The van der Waals surface area contributed by atoms with Gasteiger partial charge in [-0.2, -0.15) is 0 Å². The molecule has 0 bridgehead atoms. The molecule has 2 N–H and O–H groups in total. The summed E-state index contributed by atoms with van der Waals surface area (Å²) in [6.45, 7) is 10.0. The number of methoxy groups -OCH3 is 1. The fourth-order valence-electron chi connectivity index (χ4n) is 6.87. The first-order chi connectivity index (χ1) is 22.2. The number of aliphatic hydroxyl groups is 1. The second-order valence-corrected chi connectivity index (χ2v) is 15.0. The molecule has 2 aliphatic heterocycles. The molecule has 5 rings (SSSR count). The fourth-order valence-corrected chi connectivity index (χ4v) is 6.87. The molecule has 12 nitrogen and oxygen atoms in total. The van der Waals surface area contributed by atoms with E-state index in [2.05, 4.69) is 5.32 Å². The Morgan fingerprint density at radius 2 is 1.79 bits per heavy atom. The van der Waals surface area contributed by atoms with Crippen molar-refractivity contribution in [2.24, 2.45) is 11.8 Å². The summed E-state index contributed by atoms with van der Waals surface area (Å²) in [4.78, 5) is 59.9. The molecular weight excluding hydrogens is 604 g/mol. The average Bonchev–Trinajstić information content (AvgIpc) is 3.84. The van der Waals surface area contributed by atoms with Crippen LogP contribution in [0.4, 0.5) is 16.2 Å². The molecule has 4 amide bonds. The molecule has 3 fully saturated rings. The van der Waals surface area contributed by atoms with Crippen molar-refractivity contribution >= 4 is 35.2 Å². The lowest BCUT2D eigenvalue weighted by molar-refractivity contribution is -0.133. The number of nitrogens with one attached hydrogen (secondary N) is 1. The summed E-state index contributed by atoms with van der Waals surface area (Å²) < 4.78 is 17.0. The van der Waals surface area contributed by atoms with Crippen LogP contribution in [0.3, 0.4) is 0 Å². The number of amides is 4. The summed E-state index contributed by atoms with van der Waals surface area (Å²) in [5, 5.41) is 13.5. The summed E-state index contributed by atoms with van der Waals surface area (Å²) >= 11 is 0. The Hall–Kier alpha value is -3.38. The summed E-state index contributed by atoms with van der Waals surface area (Å²) in [5.74, 6) is -1.35. The van der Waals surface area contributed by atoms with Crippen molar-refractivity contribution in [3.05, 3.63) is 18.2 Å². The van der Waals surface area contributed by atoms with Crippen LogP contribution in [0.2, 0.25) is 0 Å². The number of ether oxygens (including phenoxy) is 3. The van der Waals surface area contributed by atoms with E-state index in [4.69, 9.17) is 14.2 Å². The lowest BCUT2D eigenvalue weighted by Gasteiger charge is -2.41. The van der Waals surface area contributed by atoms with Gasteiger partial charge in [-0.15, -0.1) is 0 Å². The average molecular weight is 657 g/mol. The normalized spacial score (nSPS) is 25.8. The third kappa shape index (κ3) is 8.20. The van der Waals surface area contributed by atoms with Crippen LogP contribution in [0.25, 0.3) is 0 Å². The summed E-state index contributed by atoms with van der Waals surface area (Å²) in [7, 11) is 1.62. The van der Waals surface area contributed by atoms with E-state index in [1.165, 1.54) is 4.90 Å². The first-order valence-electron chi connectivity index (χ1n) is 17.1. The van der Waals surface area contributed by atoms with Crippen LogP contribution in [0, 0.1) is 11.8 Å². The van der Waals surface area contributed by atoms with Gasteiger partial charge in [0.1, 0.15) is 11.4 Å². The van der Waals surface area contributed by atoms with Gasteiger partial charge in [0, 0.05) is 45.1 Å². The lowest BCUT2D eigenvalue weighted by atomic mass is 9.86. The van der Waals surface area contributed by atoms with Crippen LogP contribution >= 0.6 is 0 Å². The van der Waals surface area contributed by atoms with Crippen LogP contribution in [-0.2, 0) is 23.9 Å². The highest BCUT2D eigenvalue weighted by Crippen LogP contribution is 2.43. The number of nitrogens with zero attached hydrogens (tertiary/aromatic N) is 3. The first-order valence-corrected chi connectivity index (χ1v) is 17.1. The molecule has 2 saturated carbocycles. The summed E-state index contributed by atoms with van der Waals surface area (Å²) in [5.41, 5.74) is -0.539. The van der Waals surface area contributed by atoms with Gasteiger partial charge in [-0.25, -0.2) is 4.79 Å². The Balaban J connectivity index is 1.42. The van der Waals surface area contributed by atoms with E-state index < -0.39 is 35.2 Å². The van der Waals surface area contributed by atoms with Gasteiger partial charge in [-0.1, -0.05) is 12.8 Å².